The average Bonchev–Trinajstić information content (AvgIpc) is 3.18. The summed E-state index contributed by atoms with van der Waals surface area (Å²) in [6.45, 7) is 4.19. The molecule has 2 nitrogen and oxygen atoms in total. The number of aryl methyl sites for hydroxylation is 5. The van der Waals surface area contributed by atoms with E-state index in [1.807, 2.05) is 31.4 Å². The second kappa shape index (κ2) is 7.55. The van der Waals surface area contributed by atoms with Gasteiger partial charge in [-0.1, -0.05) is 24.3 Å². The number of hydrogen-bond acceptors (Lipinski definition) is 1. The van der Waals surface area contributed by atoms with Crippen molar-refractivity contribution in [3.63, 3.8) is 0 Å². The average molecular weight is 437 g/mol. The van der Waals surface area contributed by atoms with Gasteiger partial charge in [0.2, 0.25) is 5.69 Å². The lowest BCUT2D eigenvalue weighted by Crippen LogP contribution is -2.30. The predicted molar refractivity (Wildman–Crippen MR) is 132 cm³/mol. The number of benzene rings is 3. The van der Waals surface area contributed by atoms with Gasteiger partial charge in [-0.25, -0.2) is 8.96 Å². The molecule has 3 heteroatoms. The number of furan rings is 1. The molecular weight excluding hydrogens is 409 g/mol. The largest absolute Gasteiger partial charge is 0.454 e. The number of pyridine rings is 1. The molecule has 0 aliphatic heterocycles. The fraction of sp³-hybridized carbons (Fsp3) is 0.233. The van der Waals surface area contributed by atoms with Gasteiger partial charge in [-0.15, -0.1) is 0 Å². The van der Waals surface area contributed by atoms with E-state index in [4.69, 9.17) is 4.42 Å². The summed E-state index contributed by atoms with van der Waals surface area (Å²) in [6.07, 6.45) is 6.65. The lowest BCUT2D eigenvalue weighted by atomic mass is 9.86. The van der Waals surface area contributed by atoms with E-state index in [2.05, 4.69) is 48.7 Å². The van der Waals surface area contributed by atoms with Crippen LogP contribution < -0.4 is 4.57 Å². The maximum atomic E-state index is 15.4. The molecule has 6 rings (SSSR count). The van der Waals surface area contributed by atoms with E-state index in [-0.39, 0.29) is 5.82 Å². The van der Waals surface area contributed by atoms with E-state index in [0.717, 1.165) is 57.1 Å². The first-order valence-corrected chi connectivity index (χ1v) is 11.7. The van der Waals surface area contributed by atoms with Crippen molar-refractivity contribution in [2.45, 2.75) is 39.5 Å². The van der Waals surface area contributed by atoms with Crippen molar-refractivity contribution in [3.05, 3.63) is 88.9 Å². The Morgan fingerprint density at radius 1 is 0.788 bits per heavy atom. The van der Waals surface area contributed by atoms with Crippen molar-refractivity contribution in [1.29, 1.82) is 0 Å². The Hall–Kier alpha value is -3.46. The summed E-state index contributed by atoms with van der Waals surface area (Å²) in [5.74, 6) is -0.232. The second-order valence-corrected chi connectivity index (χ2v) is 9.38. The summed E-state index contributed by atoms with van der Waals surface area (Å²) in [7, 11) is 2.04. The van der Waals surface area contributed by atoms with Crippen molar-refractivity contribution < 1.29 is 13.4 Å². The van der Waals surface area contributed by atoms with Crippen LogP contribution in [0.5, 0.6) is 0 Å². The third kappa shape index (κ3) is 3.10. The molecule has 0 unspecified atom stereocenters. The highest BCUT2D eigenvalue weighted by molar-refractivity contribution is 6.13. The zero-order valence-electron chi connectivity index (χ0n) is 19.3. The molecule has 0 radical (unpaired) electrons. The van der Waals surface area contributed by atoms with Crippen molar-refractivity contribution in [2.24, 2.45) is 7.05 Å². The van der Waals surface area contributed by atoms with Gasteiger partial charge in [0.15, 0.2) is 6.20 Å². The summed E-state index contributed by atoms with van der Waals surface area (Å²) in [4.78, 5) is 0. The first kappa shape index (κ1) is 20.2. The molecule has 1 aliphatic carbocycles. The SMILES string of the molecule is Cc1cc2c(cc1-c1c(F)ccc3c1oc1c(-c4cccc[n+]4C)c(C)ccc13)CCCC2. The highest BCUT2D eigenvalue weighted by Gasteiger charge is 2.24. The highest BCUT2D eigenvalue weighted by atomic mass is 19.1. The van der Waals surface area contributed by atoms with Crippen molar-refractivity contribution in [3.8, 4) is 22.4 Å². The Morgan fingerprint density at radius 2 is 1.48 bits per heavy atom. The van der Waals surface area contributed by atoms with Crippen LogP contribution in [0.25, 0.3) is 44.3 Å². The molecule has 2 aromatic heterocycles. The van der Waals surface area contributed by atoms with Crippen LogP contribution in [-0.2, 0) is 19.9 Å². The Kier molecular flexibility index (Phi) is 4.62. The van der Waals surface area contributed by atoms with Crippen molar-refractivity contribution >= 4 is 21.9 Å². The number of hydrogen-bond donors (Lipinski definition) is 0. The molecule has 0 spiro atoms. The number of aromatic nitrogens is 1. The first-order valence-electron chi connectivity index (χ1n) is 11.7. The number of fused-ring (bicyclic) bond motifs is 4. The summed E-state index contributed by atoms with van der Waals surface area (Å²) in [5.41, 5.74) is 10.1. The Balaban J connectivity index is 1.68. The number of nitrogens with zero attached hydrogens (tertiary/aromatic N) is 1. The predicted octanol–water partition coefficient (Wildman–Crippen LogP) is 7.38. The first-order chi connectivity index (χ1) is 16.0. The molecule has 3 aromatic carbocycles. The molecule has 0 fully saturated rings. The van der Waals surface area contributed by atoms with Crippen LogP contribution in [0.15, 0.2) is 65.2 Å². The van der Waals surface area contributed by atoms with Crippen LogP contribution in [-0.4, -0.2) is 0 Å². The van der Waals surface area contributed by atoms with Crippen LogP contribution in [0.4, 0.5) is 4.39 Å². The summed E-state index contributed by atoms with van der Waals surface area (Å²) in [6, 6.07) is 18.3. The maximum absolute atomic E-state index is 15.4. The van der Waals surface area contributed by atoms with E-state index in [0.29, 0.717) is 11.1 Å². The van der Waals surface area contributed by atoms with E-state index in [9.17, 15) is 0 Å². The van der Waals surface area contributed by atoms with E-state index >= 15 is 4.39 Å². The van der Waals surface area contributed by atoms with Crippen LogP contribution in [0.1, 0.15) is 35.1 Å². The molecule has 0 saturated heterocycles. The van der Waals surface area contributed by atoms with Gasteiger partial charge in [0.25, 0.3) is 0 Å². The van der Waals surface area contributed by atoms with Crippen LogP contribution >= 0.6 is 0 Å². The normalized spacial score (nSPS) is 13.6. The molecule has 0 atom stereocenters. The lowest BCUT2D eigenvalue weighted by molar-refractivity contribution is -0.660. The Labute approximate surface area is 193 Å². The van der Waals surface area contributed by atoms with Gasteiger partial charge in [0.05, 0.1) is 11.1 Å². The quantitative estimate of drug-likeness (QED) is 0.264. The van der Waals surface area contributed by atoms with E-state index in [1.54, 1.807) is 6.07 Å². The maximum Gasteiger partial charge on any atom is 0.216 e. The third-order valence-electron chi connectivity index (χ3n) is 7.24. The Morgan fingerprint density at radius 3 is 2.24 bits per heavy atom. The van der Waals surface area contributed by atoms with Crippen molar-refractivity contribution in [1.82, 2.24) is 0 Å². The van der Waals surface area contributed by atoms with Gasteiger partial charge in [0, 0.05) is 22.9 Å². The molecular formula is C30H27FNO+. The number of rotatable bonds is 2. The molecule has 1 aliphatic rings. The second-order valence-electron chi connectivity index (χ2n) is 9.38. The highest BCUT2D eigenvalue weighted by Crippen LogP contribution is 2.43. The van der Waals surface area contributed by atoms with Crippen molar-refractivity contribution in [2.75, 3.05) is 0 Å². The van der Waals surface area contributed by atoms with Gasteiger partial charge in [-0.2, -0.15) is 0 Å². The minimum Gasteiger partial charge on any atom is -0.454 e. The van der Waals surface area contributed by atoms with Gasteiger partial charge >= 0.3 is 0 Å². The minimum absolute atomic E-state index is 0.232. The van der Waals surface area contributed by atoms with Crippen LogP contribution in [0.2, 0.25) is 0 Å². The van der Waals surface area contributed by atoms with Gasteiger partial charge < -0.3 is 4.42 Å². The fourth-order valence-corrected chi connectivity index (χ4v) is 5.51. The van der Waals surface area contributed by atoms with E-state index in [1.165, 1.54) is 24.0 Å². The lowest BCUT2D eigenvalue weighted by Gasteiger charge is -2.19. The van der Waals surface area contributed by atoms with Gasteiger partial charge in [-0.05, 0) is 85.5 Å². The molecule has 0 saturated carbocycles. The molecule has 33 heavy (non-hydrogen) atoms. The molecule has 2 heterocycles. The molecule has 164 valence electrons. The summed E-state index contributed by atoms with van der Waals surface area (Å²) < 4.78 is 24.1. The molecule has 5 aromatic rings. The smallest absolute Gasteiger partial charge is 0.216 e. The van der Waals surface area contributed by atoms with Crippen LogP contribution in [0, 0.1) is 19.7 Å². The number of halogens is 1. The topological polar surface area (TPSA) is 17.0 Å². The monoisotopic (exact) mass is 436 g/mol. The fourth-order valence-electron chi connectivity index (χ4n) is 5.51. The van der Waals surface area contributed by atoms with E-state index < -0.39 is 0 Å². The van der Waals surface area contributed by atoms with Crippen LogP contribution in [0.3, 0.4) is 0 Å². The standard InChI is InChI=1S/C30H27FNO/c1-18-11-12-22-23-13-14-25(31)28(24-17-21-9-5-4-8-20(21)16-19(24)2)30(23)33-29(22)27(18)26-10-6-7-15-32(26)3/h6-7,10-17H,4-5,8-9H2,1-3H3/q+1. The third-order valence-corrected chi connectivity index (χ3v) is 7.24. The zero-order chi connectivity index (χ0) is 22.7. The molecule has 0 amide bonds. The van der Waals surface area contributed by atoms with Gasteiger partial charge in [0.1, 0.15) is 24.0 Å². The van der Waals surface area contributed by atoms with Gasteiger partial charge in [-0.3, -0.25) is 0 Å². The summed E-state index contributed by atoms with van der Waals surface area (Å²) >= 11 is 0. The minimum atomic E-state index is -0.232. The summed E-state index contributed by atoms with van der Waals surface area (Å²) in [5, 5.41) is 1.98. The zero-order valence-corrected chi connectivity index (χ0v) is 19.3. The molecule has 0 bridgehead atoms. The Bertz CT molecular complexity index is 1560. The molecule has 0 N–H and O–H groups in total.